The molecule has 0 spiro atoms. The van der Waals surface area contributed by atoms with Crippen LogP contribution in [0.4, 0.5) is 0 Å². The lowest BCUT2D eigenvalue weighted by Crippen LogP contribution is -2.19. The summed E-state index contributed by atoms with van der Waals surface area (Å²) in [7, 11) is 0. The summed E-state index contributed by atoms with van der Waals surface area (Å²) in [6.07, 6.45) is 3.57. The smallest absolute Gasteiger partial charge is 0.168 e. The highest BCUT2D eigenvalue weighted by Gasteiger charge is 2.29. The van der Waals surface area contributed by atoms with Crippen LogP contribution in [0.2, 0.25) is 0 Å². The number of furan rings is 1. The lowest BCUT2D eigenvalue weighted by Gasteiger charge is -2.13. The number of benzene rings is 1. The van der Waals surface area contributed by atoms with Gasteiger partial charge in [0, 0.05) is 35.3 Å². The van der Waals surface area contributed by atoms with Gasteiger partial charge in [-0.2, -0.15) is 0 Å². The monoisotopic (exact) mass is 349 g/mol. The molecule has 0 atom stereocenters. The summed E-state index contributed by atoms with van der Waals surface area (Å²) >= 11 is 1.66. The third-order valence-corrected chi connectivity index (χ3v) is 5.14. The van der Waals surface area contributed by atoms with Gasteiger partial charge in [-0.3, -0.25) is 9.98 Å². The van der Waals surface area contributed by atoms with Gasteiger partial charge in [-0.15, -0.1) is 0 Å². The van der Waals surface area contributed by atoms with Crippen molar-refractivity contribution in [3.8, 4) is 5.75 Å². The van der Waals surface area contributed by atoms with Crippen LogP contribution in [0.25, 0.3) is 16.7 Å². The largest absolute Gasteiger partial charge is 0.489 e. The molecule has 1 aromatic carbocycles. The van der Waals surface area contributed by atoms with Crippen molar-refractivity contribution in [2.75, 3.05) is 13.1 Å². The molecule has 0 radical (unpaired) electrons. The van der Waals surface area contributed by atoms with Crippen molar-refractivity contribution in [3.63, 3.8) is 0 Å². The number of pyridine rings is 1. The molecule has 5 rings (SSSR count). The molecule has 0 fully saturated rings. The normalized spacial score (nSPS) is 16.1. The molecule has 5 nitrogen and oxygen atoms in total. The van der Waals surface area contributed by atoms with Crippen molar-refractivity contribution in [1.82, 2.24) is 9.88 Å². The van der Waals surface area contributed by atoms with Crippen LogP contribution >= 0.6 is 11.8 Å². The molecular weight excluding hydrogens is 334 g/mol. The number of nitrogens with zero attached hydrogens (tertiary/aromatic N) is 3. The van der Waals surface area contributed by atoms with Gasteiger partial charge < -0.3 is 14.1 Å². The summed E-state index contributed by atoms with van der Waals surface area (Å²) in [6.45, 7) is 2.27. The van der Waals surface area contributed by atoms with Gasteiger partial charge in [0.05, 0.1) is 12.2 Å². The van der Waals surface area contributed by atoms with Gasteiger partial charge in [0.15, 0.2) is 10.9 Å². The topological polar surface area (TPSA) is 50.9 Å². The number of amidine groups is 1. The summed E-state index contributed by atoms with van der Waals surface area (Å²) in [5.41, 5.74) is 3.00. The van der Waals surface area contributed by atoms with Crippen LogP contribution in [-0.2, 0) is 6.61 Å². The standard InChI is InChI=1S/C19H15N3O2S/c1-2-13(10-20-5-1)11-23-15-3-4-17-14(8-15)9-18(24-17)16-12-25-19-21-6-7-22(16)19/h1-5,8-10,12H,6-7,11H2. The zero-order chi connectivity index (χ0) is 16.6. The second-order valence-corrected chi connectivity index (χ2v) is 6.73. The molecule has 0 amide bonds. The molecular formula is C19H15N3O2S. The Morgan fingerprint density at radius 1 is 1.24 bits per heavy atom. The third kappa shape index (κ3) is 2.68. The Morgan fingerprint density at radius 3 is 3.16 bits per heavy atom. The molecule has 6 heteroatoms. The van der Waals surface area contributed by atoms with E-state index in [1.165, 1.54) is 0 Å². The minimum atomic E-state index is 0.499. The summed E-state index contributed by atoms with van der Waals surface area (Å²) in [5.74, 6) is 1.70. The molecule has 0 unspecified atom stereocenters. The molecule has 25 heavy (non-hydrogen) atoms. The van der Waals surface area contributed by atoms with Crippen molar-refractivity contribution in [2.24, 2.45) is 4.99 Å². The van der Waals surface area contributed by atoms with Crippen LogP contribution in [0.1, 0.15) is 11.3 Å². The first-order valence-corrected chi connectivity index (χ1v) is 8.99. The molecule has 2 aliphatic heterocycles. The quantitative estimate of drug-likeness (QED) is 0.709. The third-order valence-electron chi connectivity index (χ3n) is 4.24. The van der Waals surface area contributed by atoms with E-state index < -0.39 is 0 Å². The molecule has 124 valence electrons. The Labute approximate surface area is 149 Å². The predicted molar refractivity (Wildman–Crippen MR) is 99.4 cm³/mol. The summed E-state index contributed by atoms with van der Waals surface area (Å²) in [5, 5.41) is 4.21. The van der Waals surface area contributed by atoms with Gasteiger partial charge >= 0.3 is 0 Å². The Kier molecular flexibility index (Phi) is 3.48. The van der Waals surface area contributed by atoms with Gasteiger partial charge in [0.1, 0.15) is 17.9 Å². The van der Waals surface area contributed by atoms with E-state index in [1.54, 1.807) is 18.0 Å². The second kappa shape index (κ2) is 5.97. The highest BCUT2D eigenvalue weighted by atomic mass is 32.2. The summed E-state index contributed by atoms with van der Waals surface area (Å²) < 4.78 is 11.9. The Bertz CT molecular complexity index is 994. The van der Waals surface area contributed by atoms with Crippen molar-refractivity contribution < 1.29 is 9.15 Å². The van der Waals surface area contributed by atoms with Crippen LogP contribution in [0, 0.1) is 0 Å². The van der Waals surface area contributed by atoms with E-state index in [1.807, 2.05) is 36.5 Å². The van der Waals surface area contributed by atoms with Crippen molar-refractivity contribution >= 4 is 33.6 Å². The van der Waals surface area contributed by atoms with E-state index in [0.29, 0.717) is 6.61 Å². The number of ether oxygens (including phenoxy) is 1. The molecule has 2 aliphatic rings. The fraction of sp³-hybridized carbons (Fsp3) is 0.158. The van der Waals surface area contributed by atoms with Gasteiger partial charge in [-0.1, -0.05) is 17.8 Å². The van der Waals surface area contributed by atoms with Crippen LogP contribution in [0.15, 0.2) is 63.6 Å². The first kappa shape index (κ1) is 14.6. The minimum absolute atomic E-state index is 0.499. The van der Waals surface area contributed by atoms with Crippen molar-refractivity contribution in [3.05, 3.63) is 65.5 Å². The zero-order valence-electron chi connectivity index (χ0n) is 13.4. The fourth-order valence-corrected chi connectivity index (χ4v) is 3.95. The maximum Gasteiger partial charge on any atom is 0.168 e. The number of fused-ring (bicyclic) bond motifs is 2. The highest BCUT2D eigenvalue weighted by molar-refractivity contribution is 8.16. The average Bonchev–Trinajstić information content (AvgIpc) is 3.35. The predicted octanol–water partition coefficient (Wildman–Crippen LogP) is 4.12. The first-order chi connectivity index (χ1) is 12.4. The van der Waals surface area contributed by atoms with Crippen LogP contribution in [0.3, 0.4) is 0 Å². The molecule has 0 bridgehead atoms. The maximum atomic E-state index is 6.03. The molecule has 4 heterocycles. The number of rotatable bonds is 4. The number of hydrogen-bond acceptors (Lipinski definition) is 6. The molecule has 0 saturated carbocycles. The van der Waals surface area contributed by atoms with E-state index >= 15 is 0 Å². The van der Waals surface area contributed by atoms with E-state index in [2.05, 4.69) is 26.4 Å². The van der Waals surface area contributed by atoms with E-state index in [-0.39, 0.29) is 0 Å². The fourth-order valence-electron chi connectivity index (χ4n) is 3.00. The minimum Gasteiger partial charge on any atom is -0.489 e. The Balaban J connectivity index is 1.39. The zero-order valence-corrected chi connectivity index (χ0v) is 14.2. The van der Waals surface area contributed by atoms with Crippen LogP contribution in [0.5, 0.6) is 5.75 Å². The van der Waals surface area contributed by atoms with Crippen LogP contribution in [-0.4, -0.2) is 28.1 Å². The Morgan fingerprint density at radius 2 is 2.24 bits per heavy atom. The van der Waals surface area contributed by atoms with Crippen LogP contribution < -0.4 is 4.74 Å². The number of aliphatic imine (C=N–C) groups is 1. The second-order valence-electron chi connectivity index (χ2n) is 5.90. The summed E-state index contributed by atoms with van der Waals surface area (Å²) in [6, 6.07) is 11.9. The van der Waals surface area contributed by atoms with E-state index in [0.717, 1.165) is 52.0 Å². The number of thioether (sulfide) groups is 1. The SMILES string of the molecule is C1=C(c2cc3cc(OCc4cccnc4)ccc3o2)N2CCN=C2S1. The molecule has 3 aromatic rings. The maximum absolute atomic E-state index is 6.03. The van der Waals surface area contributed by atoms with E-state index in [4.69, 9.17) is 9.15 Å². The number of aromatic nitrogens is 1. The van der Waals surface area contributed by atoms with Crippen molar-refractivity contribution in [1.29, 1.82) is 0 Å². The van der Waals surface area contributed by atoms with Gasteiger partial charge in [-0.25, -0.2) is 0 Å². The molecule has 0 N–H and O–H groups in total. The average molecular weight is 349 g/mol. The van der Waals surface area contributed by atoms with Crippen molar-refractivity contribution in [2.45, 2.75) is 6.61 Å². The Hall–Kier alpha value is -2.73. The van der Waals surface area contributed by atoms with Gasteiger partial charge in [0.2, 0.25) is 0 Å². The lowest BCUT2D eigenvalue weighted by atomic mass is 10.2. The van der Waals surface area contributed by atoms with Gasteiger partial charge in [0.25, 0.3) is 0 Å². The lowest BCUT2D eigenvalue weighted by molar-refractivity contribution is 0.306. The number of hydrogen-bond donors (Lipinski definition) is 0. The van der Waals surface area contributed by atoms with Gasteiger partial charge in [-0.05, 0) is 30.3 Å². The summed E-state index contributed by atoms with van der Waals surface area (Å²) in [4.78, 5) is 10.8. The molecule has 0 aliphatic carbocycles. The van der Waals surface area contributed by atoms with E-state index in [9.17, 15) is 0 Å². The first-order valence-electron chi connectivity index (χ1n) is 8.11. The molecule has 0 saturated heterocycles. The highest BCUT2D eigenvalue weighted by Crippen LogP contribution is 2.37. The molecule has 2 aromatic heterocycles.